The predicted molar refractivity (Wildman–Crippen MR) is 120 cm³/mol. The maximum absolute atomic E-state index is 13.9. The first-order chi connectivity index (χ1) is 15.9. The molecule has 0 bridgehead atoms. The van der Waals surface area contributed by atoms with Crippen LogP contribution in [0.4, 0.5) is 9.52 Å². The van der Waals surface area contributed by atoms with Gasteiger partial charge >= 0.3 is 0 Å². The molecule has 8 nitrogen and oxygen atoms in total. The molecule has 1 amide bonds. The van der Waals surface area contributed by atoms with Crippen LogP contribution in [0.5, 0.6) is 11.5 Å². The number of hydrogen-bond acceptors (Lipinski definition) is 8. The number of aryl methyl sites for hydroxylation is 1. The lowest BCUT2D eigenvalue weighted by Crippen LogP contribution is -2.29. The van der Waals surface area contributed by atoms with Crippen molar-refractivity contribution in [3.63, 3.8) is 0 Å². The van der Waals surface area contributed by atoms with E-state index in [9.17, 15) is 19.1 Å². The Morgan fingerprint density at radius 2 is 2.00 bits per heavy atom. The smallest absolute Gasteiger partial charge is 0.297 e. The molecule has 1 N–H and O–H groups in total. The van der Waals surface area contributed by atoms with Gasteiger partial charge in [0.1, 0.15) is 16.4 Å². The van der Waals surface area contributed by atoms with Crippen molar-refractivity contribution < 1.29 is 23.4 Å². The summed E-state index contributed by atoms with van der Waals surface area (Å²) in [6, 6.07) is 7.25. The number of anilines is 1. The van der Waals surface area contributed by atoms with Crippen molar-refractivity contribution in [2.45, 2.75) is 26.3 Å². The molecule has 2 aromatic heterocycles. The topological polar surface area (TPSA) is 106 Å². The summed E-state index contributed by atoms with van der Waals surface area (Å²) in [5.74, 6) is -1.15. The van der Waals surface area contributed by atoms with Gasteiger partial charge in [-0.25, -0.2) is 4.39 Å². The number of benzene rings is 2. The van der Waals surface area contributed by atoms with E-state index in [-0.39, 0.29) is 33.8 Å². The number of halogens is 1. The van der Waals surface area contributed by atoms with E-state index >= 15 is 0 Å². The highest BCUT2D eigenvalue weighted by molar-refractivity contribution is 7.15. The number of amides is 1. The number of ether oxygens (including phenoxy) is 1. The van der Waals surface area contributed by atoms with Gasteiger partial charge in [0.2, 0.25) is 10.9 Å². The zero-order chi connectivity index (χ0) is 23.3. The number of phenols is 1. The van der Waals surface area contributed by atoms with E-state index in [4.69, 9.17) is 9.15 Å². The van der Waals surface area contributed by atoms with E-state index in [1.54, 1.807) is 19.1 Å². The van der Waals surface area contributed by atoms with Crippen LogP contribution in [0.25, 0.3) is 11.0 Å². The van der Waals surface area contributed by atoms with Crippen LogP contribution in [-0.2, 0) is 6.42 Å². The lowest BCUT2D eigenvalue weighted by atomic mass is 9.98. The molecule has 0 radical (unpaired) electrons. The number of carbonyl (C=O) groups is 1. The third-order valence-corrected chi connectivity index (χ3v) is 6.46. The Balaban J connectivity index is 1.79. The van der Waals surface area contributed by atoms with Gasteiger partial charge in [-0.1, -0.05) is 24.3 Å². The van der Waals surface area contributed by atoms with Crippen LogP contribution < -0.4 is 15.1 Å². The van der Waals surface area contributed by atoms with E-state index in [1.807, 2.05) is 6.92 Å². The third-order valence-electron chi connectivity index (χ3n) is 5.40. The summed E-state index contributed by atoms with van der Waals surface area (Å²) < 4.78 is 25.2. The van der Waals surface area contributed by atoms with Gasteiger partial charge in [-0.3, -0.25) is 14.5 Å². The van der Waals surface area contributed by atoms with Crippen molar-refractivity contribution in [2.75, 3.05) is 11.5 Å². The van der Waals surface area contributed by atoms with Crippen LogP contribution in [0.3, 0.4) is 0 Å². The first-order valence-corrected chi connectivity index (χ1v) is 11.1. The molecule has 0 fully saturated rings. The summed E-state index contributed by atoms with van der Waals surface area (Å²) in [6.07, 6.45) is 0.630. The highest BCUT2D eigenvalue weighted by atomic mass is 32.1. The molecule has 0 saturated heterocycles. The van der Waals surface area contributed by atoms with E-state index < -0.39 is 23.2 Å². The van der Waals surface area contributed by atoms with E-state index in [2.05, 4.69) is 10.2 Å². The minimum atomic E-state index is -0.922. The molecule has 1 unspecified atom stereocenters. The Bertz CT molecular complexity index is 1460. The summed E-state index contributed by atoms with van der Waals surface area (Å²) in [6.45, 7) is 4.00. The van der Waals surface area contributed by atoms with Crippen molar-refractivity contribution in [1.29, 1.82) is 0 Å². The maximum atomic E-state index is 13.9. The van der Waals surface area contributed by atoms with Crippen molar-refractivity contribution in [2.24, 2.45) is 0 Å². The fraction of sp³-hybridized carbons (Fsp3) is 0.217. The van der Waals surface area contributed by atoms with E-state index in [1.165, 1.54) is 34.4 Å². The second-order valence-corrected chi connectivity index (χ2v) is 8.42. The number of fused-ring (bicyclic) bond motifs is 2. The van der Waals surface area contributed by atoms with Crippen LogP contribution in [-0.4, -0.2) is 27.8 Å². The van der Waals surface area contributed by atoms with Crippen molar-refractivity contribution >= 4 is 33.3 Å². The molecule has 0 saturated carbocycles. The highest BCUT2D eigenvalue weighted by Gasteiger charge is 2.45. The number of rotatable bonds is 5. The first-order valence-electron chi connectivity index (χ1n) is 10.3. The van der Waals surface area contributed by atoms with E-state index in [0.29, 0.717) is 23.7 Å². The SMILES string of the molecule is CCOc1cc(C2c3c(oc4ccc(F)cc4c3=O)C(=O)N2c2nnc(CC)s2)ccc1O. The molecule has 1 aliphatic rings. The van der Waals surface area contributed by atoms with Crippen molar-refractivity contribution in [1.82, 2.24) is 10.2 Å². The molecule has 0 spiro atoms. The van der Waals surface area contributed by atoms with Gasteiger partial charge < -0.3 is 14.3 Å². The molecule has 2 aromatic carbocycles. The summed E-state index contributed by atoms with van der Waals surface area (Å²) in [4.78, 5) is 28.3. The van der Waals surface area contributed by atoms with Crippen LogP contribution in [0.2, 0.25) is 0 Å². The van der Waals surface area contributed by atoms with Crippen LogP contribution in [0.1, 0.15) is 46.6 Å². The molecule has 1 atom stereocenters. The second-order valence-electron chi connectivity index (χ2n) is 7.38. The number of carbonyl (C=O) groups excluding carboxylic acids is 1. The number of hydrogen-bond donors (Lipinski definition) is 1. The molecular formula is C23H18FN3O5S. The monoisotopic (exact) mass is 467 g/mol. The Morgan fingerprint density at radius 1 is 1.18 bits per heavy atom. The number of aromatic hydroxyl groups is 1. The van der Waals surface area contributed by atoms with Gasteiger partial charge in [0, 0.05) is 0 Å². The van der Waals surface area contributed by atoms with Crippen LogP contribution >= 0.6 is 11.3 Å². The summed E-state index contributed by atoms with van der Waals surface area (Å²) >= 11 is 1.23. The Labute approximate surface area is 190 Å². The lowest BCUT2D eigenvalue weighted by molar-refractivity contribution is 0.0970. The summed E-state index contributed by atoms with van der Waals surface area (Å²) in [5.41, 5.74) is 0.165. The van der Waals surface area contributed by atoms with Gasteiger partial charge in [-0.2, -0.15) is 0 Å². The molecule has 0 aliphatic carbocycles. The fourth-order valence-electron chi connectivity index (χ4n) is 3.91. The molecular weight excluding hydrogens is 449 g/mol. The molecule has 1 aliphatic heterocycles. The quantitative estimate of drug-likeness (QED) is 0.469. The number of nitrogens with zero attached hydrogens (tertiary/aromatic N) is 3. The molecule has 3 heterocycles. The fourth-order valence-corrected chi connectivity index (χ4v) is 4.72. The lowest BCUT2D eigenvalue weighted by Gasteiger charge is -2.22. The summed E-state index contributed by atoms with van der Waals surface area (Å²) in [7, 11) is 0. The highest BCUT2D eigenvalue weighted by Crippen LogP contribution is 2.43. The van der Waals surface area contributed by atoms with Crippen molar-refractivity contribution in [3.05, 3.63) is 74.3 Å². The molecule has 5 rings (SSSR count). The minimum absolute atomic E-state index is 0.0312. The number of aromatic nitrogens is 2. The molecule has 4 aromatic rings. The van der Waals surface area contributed by atoms with Gasteiger partial charge in [0.15, 0.2) is 16.9 Å². The largest absolute Gasteiger partial charge is 0.504 e. The van der Waals surface area contributed by atoms with Gasteiger partial charge in [0.25, 0.3) is 5.91 Å². The molecule has 10 heteroatoms. The maximum Gasteiger partial charge on any atom is 0.297 e. The molecule has 168 valence electrons. The Kier molecular flexibility index (Phi) is 5.09. The van der Waals surface area contributed by atoms with E-state index in [0.717, 1.165) is 11.1 Å². The number of phenolic OH excluding ortho intramolecular Hbond substituents is 1. The summed E-state index contributed by atoms with van der Waals surface area (Å²) in [5, 5.41) is 19.5. The predicted octanol–water partition coefficient (Wildman–Crippen LogP) is 4.20. The van der Waals surface area contributed by atoms with Crippen molar-refractivity contribution in [3.8, 4) is 11.5 Å². The zero-order valence-corrected chi connectivity index (χ0v) is 18.5. The minimum Gasteiger partial charge on any atom is -0.504 e. The first kappa shape index (κ1) is 21.1. The Hall–Kier alpha value is -3.79. The average molecular weight is 467 g/mol. The van der Waals surface area contributed by atoms with Crippen LogP contribution in [0.15, 0.2) is 45.6 Å². The third kappa shape index (κ3) is 3.34. The van der Waals surface area contributed by atoms with Crippen LogP contribution in [0, 0.1) is 5.82 Å². The van der Waals surface area contributed by atoms with Gasteiger partial charge in [-0.15, -0.1) is 10.2 Å². The Morgan fingerprint density at radius 3 is 2.73 bits per heavy atom. The van der Waals surface area contributed by atoms with Gasteiger partial charge in [-0.05, 0) is 49.2 Å². The second kappa shape index (κ2) is 7.96. The van der Waals surface area contributed by atoms with Gasteiger partial charge in [0.05, 0.1) is 23.6 Å². The standard InChI is InChI=1S/C23H18FN3O5S/c1-3-17-25-26-23(33-17)27-19(11-5-7-14(28)16(9-11)31-4-2)18-20(29)13-10-12(24)6-8-15(13)32-21(18)22(27)30/h5-10,19,28H,3-4H2,1-2H3. The average Bonchev–Trinajstić information content (AvgIpc) is 3.39. The normalized spacial score (nSPS) is 15.3. The molecule has 33 heavy (non-hydrogen) atoms. The zero-order valence-electron chi connectivity index (χ0n) is 17.7.